The van der Waals surface area contributed by atoms with Crippen molar-refractivity contribution in [1.82, 2.24) is 0 Å². The second-order valence-corrected chi connectivity index (χ2v) is 0.955. The number of carbonyl (C=O) groups excluding carboxylic acids is 1. The van der Waals surface area contributed by atoms with E-state index in [0.29, 0.717) is 0 Å². The van der Waals surface area contributed by atoms with Crippen LogP contribution >= 0.6 is 0 Å². The molecular formula is C3H5O4-. The van der Waals surface area contributed by atoms with E-state index >= 15 is 0 Å². The third-order valence-corrected chi connectivity index (χ3v) is 0.397. The van der Waals surface area contributed by atoms with Gasteiger partial charge in [0.25, 0.3) is 0 Å². The number of aliphatic carboxylic acids is 1. The molecule has 0 bridgehead atoms. The monoisotopic (exact) mass is 105 g/mol. The minimum Gasteiger partial charge on any atom is -0.550 e. The van der Waals surface area contributed by atoms with Crippen LogP contribution in [-0.2, 0) is 9.68 Å². The van der Waals surface area contributed by atoms with Gasteiger partial charge in [-0.3, -0.25) is 5.26 Å². The van der Waals surface area contributed by atoms with E-state index in [0.717, 1.165) is 0 Å². The molecule has 0 aliphatic carbocycles. The molecule has 0 aromatic rings. The first-order valence-electron chi connectivity index (χ1n) is 1.73. The van der Waals surface area contributed by atoms with Crippen LogP contribution in [0.1, 0.15) is 6.42 Å². The van der Waals surface area contributed by atoms with Crippen LogP contribution in [0.5, 0.6) is 0 Å². The third kappa shape index (κ3) is 5.39. The van der Waals surface area contributed by atoms with Crippen molar-refractivity contribution < 1.29 is 20.0 Å². The molecule has 0 unspecified atom stereocenters. The number of carbonyl (C=O) groups is 1. The van der Waals surface area contributed by atoms with Gasteiger partial charge in [0.15, 0.2) is 0 Å². The van der Waals surface area contributed by atoms with Gasteiger partial charge in [-0.25, -0.2) is 4.89 Å². The Kier molecular flexibility index (Phi) is 3.26. The van der Waals surface area contributed by atoms with E-state index in [1.54, 1.807) is 0 Å². The molecule has 0 atom stereocenters. The van der Waals surface area contributed by atoms with Crippen molar-refractivity contribution in [2.24, 2.45) is 0 Å². The Morgan fingerprint density at radius 2 is 2.43 bits per heavy atom. The first-order chi connectivity index (χ1) is 3.27. The molecule has 7 heavy (non-hydrogen) atoms. The van der Waals surface area contributed by atoms with Gasteiger partial charge in [0.05, 0.1) is 6.61 Å². The Balaban J connectivity index is 2.82. The summed E-state index contributed by atoms with van der Waals surface area (Å²) in [4.78, 5) is 12.9. The molecule has 0 radical (unpaired) electrons. The van der Waals surface area contributed by atoms with E-state index in [4.69, 9.17) is 5.26 Å². The lowest BCUT2D eigenvalue weighted by atomic mass is 10.5. The molecule has 42 valence electrons. The van der Waals surface area contributed by atoms with Gasteiger partial charge in [-0.05, 0) is 0 Å². The Bertz CT molecular complexity index is 60.0. The van der Waals surface area contributed by atoms with Crippen LogP contribution in [-0.4, -0.2) is 17.8 Å². The standard InChI is InChI=1S/C3H6O4/c4-3(5)1-2-7-6/h6H,1-2H2,(H,4,5)/p-1. The van der Waals surface area contributed by atoms with Gasteiger partial charge in [0.2, 0.25) is 0 Å². The molecule has 0 amide bonds. The average Bonchev–Trinajstić information content (AvgIpc) is 1.61. The lowest BCUT2D eigenvalue weighted by molar-refractivity contribution is -0.311. The summed E-state index contributed by atoms with van der Waals surface area (Å²) < 4.78 is 0. The van der Waals surface area contributed by atoms with E-state index in [9.17, 15) is 9.90 Å². The molecule has 0 heterocycles. The van der Waals surface area contributed by atoms with Crippen molar-refractivity contribution in [2.45, 2.75) is 6.42 Å². The van der Waals surface area contributed by atoms with Crippen molar-refractivity contribution >= 4 is 5.97 Å². The number of hydrogen-bond acceptors (Lipinski definition) is 4. The minimum absolute atomic E-state index is 0.206. The summed E-state index contributed by atoms with van der Waals surface area (Å²) in [5.41, 5.74) is 0. The average molecular weight is 105 g/mol. The second-order valence-electron chi connectivity index (χ2n) is 0.955. The summed E-state index contributed by atoms with van der Waals surface area (Å²) in [6.07, 6.45) is -0.267. The molecule has 0 aromatic carbocycles. The number of hydrogen-bond donors (Lipinski definition) is 1. The Hall–Kier alpha value is -0.610. The molecule has 0 aromatic heterocycles. The zero-order valence-corrected chi connectivity index (χ0v) is 3.59. The van der Waals surface area contributed by atoms with Crippen LogP contribution in [0, 0.1) is 0 Å². The zero-order valence-electron chi connectivity index (χ0n) is 3.59. The van der Waals surface area contributed by atoms with Crippen molar-refractivity contribution in [2.75, 3.05) is 6.61 Å². The number of carboxylic acid groups (broad SMARTS) is 1. The molecule has 0 aliphatic heterocycles. The van der Waals surface area contributed by atoms with Gasteiger partial charge in [0.1, 0.15) is 0 Å². The fourth-order valence-corrected chi connectivity index (χ4v) is 0.129. The van der Waals surface area contributed by atoms with Gasteiger partial charge < -0.3 is 9.90 Å². The summed E-state index contributed by atoms with van der Waals surface area (Å²) in [5.74, 6) is -1.23. The highest BCUT2D eigenvalue weighted by atomic mass is 17.1. The van der Waals surface area contributed by atoms with Crippen molar-refractivity contribution in [1.29, 1.82) is 0 Å². The molecule has 0 saturated carbocycles. The first-order valence-corrected chi connectivity index (χ1v) is 1.73. The van der Waals surface area contributed by atoms with Crippen LogP contribution in [0.25, 0.3) is 0 Å². The van der Waals surface area contributed by atoms with Crippen molar-refractivity contribution in [3.63, 3.8) is 0 Å². The number of carboxylic acids is 1. The van der Waals surface area contributed by atoms with Gasteiger partial charge in [-0.2, -0.15) is 0 Å². The Labute approximate surface area is 40.3 Å². The topological polar surface area (TPSA) is 69.6 Å². The summed E-state index contributed by atoms with van der Waals surface area (Å²) >= 11 is 0. The number of rotatable bonds is 3. The molecule has 0 spiro atoms. The quantitative estimate of drug-likeness (QED) is 0.354. The van der Waals surface area contributed by atoms with Gasteiger partial charge >= 0.3 is 0 Å². The molecule has 0 fully saturated rings. The second kappa shape index (κ2) is 3.58. The van der Waals surface area contributed by atoms with Crippen LogP contribution in [0.4, 0.5) is 0 Å². The summed E-state index contributed by atoms with van der Waals surface area (Å²) in [5, 5.41) is 17.0. The Morgan fingerprint density at radius 1 is 1.86 bits per heavy atom. The van der Waals surface area contributed by atoms with Gasteiger partial charge in [-0.1, -0.05) is 0 Å². The third-order valence-electron chi connectivity index (χ3n) is 0.397. The first kappa shape index (κ1) is 6.39. The van der Waals surface area contributed by atoms with E-state index in [1.165, 1.54) is 0 Å². The minimum atomic E-state index is -1.23. The van der Waals surface area contributed by atoms with E-state index in [2.05, 4.69) is 4.89 Å². The van der Waals surface area contributed by atoms with E-state index in [-0.39, 0.29) is 13.0 Å². The summed E-state index contributed by atoms with van der Waals surface area (Å²) in [7, 11) is 0. The predicted molar refractivity (Wildman–Crippen MR) is 18.2 cm³/mol. The van der Waals surface area contributed by atoms with Crippen LogP contribution in [0.2, 0.25) is 0 Å². The smallest absolute Gasteiger partial charge is 0.0871 e. The highest BCUT2D eigenvalue weighted by molar-refractivity contribution is 5.64. The van der Waals surface area contributed by atoms with Gasteiger partial charge in [0, 0.05) is 12.4 Å². The maximum Gasteiger partial charge on any atom is 0.0871 e. The van der Waals surface area contributed by atoms with E-state index in [1.807, 2.05) is 0 Å². The molecule has 4 heteroatoms. The highest BCUT2D eigenvalue weighted by Crippen LogP contribution is 1.73. The lowest BCUT2D eigenvalue weighted by Crippen LogP contribution is -2.23. The van der Waals surface area contributed by atoms with Crippen LogP contribution in [0.3, 0.4) is 0 Å². The predicted octanol–water partition coefficient (Wildman–Crippen LogP) is -1.38. The molecule has 1 N–H and O–H groups in total. The molecular weight excluding hydrogens is 100 g/mol. The normalized spacial score (nSPS) is 8.71. The fourth-order valence-electron chi connectivity index (χ4n) is 0.129. The SMILES string of the molecule is O=C([O-])CCOO. The lowest BCUT2D eigenvalue weighted by Gasteiger charge is -1.95. The largest absolute Gasteiger partial charge is 0.550 e. The molecule has 0 aliphatic rings. The van der Waals surface area contributed by atoms with Gasteiger partial charge in [-0.15, -0.1) is 0 Å². The molecule has 0 rings (SSSR count). The van der Waals surface area contributed by atoms with E-state index < -0.39 is 5.97 Å². The summed E-state index contributed by atoms with van der Waals surface area (Å²) in [6, 6.07) is 0. The van der Waals surface area contributed by atoms with Crippen LogP contribution in [0.15, 0.2) is 0 Å². The van der Waals surface area contributed by atoms with Crippen molar-refractivity contribution in [3.05, 3.63) is 0 Å². The highest BCUT2D eigenvalue weighted by Gasteiger charge is 1.82. The maximum atomic E-state index is 9.46. The Morgan fingerprint density at radius 3 is 2.57 bits per heavy atom. The molecule has 4 nitrogen and oxygen atoms in total. The molecule has 0 saturated heterocycles. The maximum absolute atomic E-state index is 9.46. The summed E-state index contributed by atoms with van der Waals surface area (Å²) in [6.45, 7) is -0.206. The van der Waals surface area contributed by atoms with Crippen LogP contribution < -0.4 is 5.11 Å². The fraction of sp³-hybridized carbons (Fsp3) is 0.667. The zero-order chi connectivity index (χ0) is 5.70. The van der Waals surface area contributed by atoms with Crippen molar-refractivity contribution in [3.8, 4) is 0 Å².